The molecule has 1 unspecified atom stereocenters. The molecule has 1 amide bonds. The highest BCUT2D eigenvalue weighted by Gasteiger charge is 2.45. The van der Waals surface area contributed by atoms with Crippen LogP contribution < -0.4 is 15.1 Å². The first kappa shape index (κ1) is 21.9. The fraction of sp³-hybridized carbons (Fsp3) is 0.115. The Kier molecular flexibility index (Phi) is 5.04. The highest BCUT2D eigenvalue weighted by atomic mass is 32.1. The lowest BCUT2D eigenvalue weighted by Crippen LogP contribution is -2.29. The number of non-ortho nitro benzene ring substituents is 1. The maximum absolute atomic E-state index is 13.7. The molecule has 1 aliphatic rings. The second-order valence-electron chi connectivity index (χ2n) is 8.16. The van der Waals surface area contributed by atoms with Gasteiger partial charge in [-0.25, -0.2) is 4.98 Å². The number of nitrogens with zero attached hydrogens (tertiary/aromatic N) is 3. The van der Waals surface area contributed by atoms with Crippen molar-refractivity contribution < 1.29 is 18.9 Å². The predicted molar refractivity (Wildman–Crippen MR) is 135 cm³/mol. The van der Waals surface area contributed by atoms with Gasteiger partial charge in [0.25, 0.3) is 11.6 Å². The van der Waals surface area contributed by atoms with Gasteiger partial charge in [0.15, 0.2) is 10.6 Å². The van der Waals surface area contributed by atoms with E-state index in [2.05, 4.69) is 4.98 Å². The van der Waals surface area contributed by atoms with Crippen molar-refractivity contribution in [1.82, 2.24) is 4.98 Å². The zero-order chi connectivity index (χ0) is 25.0. The van der Waals surface area contributed by atoms with E-state index < -0.39 is 16.9 Å². The third-order valence-electron chi connectivity index (χ3n) is 6.04. The number of anilines is 1. The maximum Gasteiger partial charge on any atom is 0.297 e. The van der Waals surface area contributed by atoms with Crippen LogP contribution in [0.4, 0.5) is 10.8 Å². The number of rotatable bonds is 5. The number of para-hydroxylation sites is 1. The van der Waals surface area contributed by atoms with Crippen LogP contribution in [0.25, 0.3) is 21.2 Å². The minimum Gasteiger partial charge on any atom is -0.494 e. The smallest absolute Gasteiger partial charge is 0.297 e. The molecular weight excluding hydrogens is 482 g/mol. The molecule has 1 aliphatic heterocycles. The molecule has 3 heterocycles. The Hall–Kier alpha value is -4.57. The number of aromatic nitrogens is 1. The van der Waals surface area contributed by atoms with Crippen LogP contribution in [0.5, 0.6) is 5.75 Å². The molecule has 0 spiro atoms. The summed E-state index contributed by atoms with van der Waals surface area (Å²) in [6.45, 7) is 2.40. The SMILES string of the molecule is CCOc1ccc2nc(N3C(=O)c4oc5ccccc5c(=O)c4C3c3cccc([N+](=O)[O-])c3)sc2c1. The quantitative estimate of drug-likeness (QED) is 0.233. The Bertz CT molecular complexity index is 1760. The van der Waals surface area contributed by atoms with Gasteiger partial charge in [-0.2, -0.15) is 0 Å². The van der Waals surface area contributed by atoms with E-state index in [0.29, 0.717) is 39.5 Å². The van der Waals surface area contributed by atoms with E-state index in [4.69, 9.17) is 9.15 Å². The van der Waals surface area contributed by atoms with Crippen LogP contribution in [-0.4, -0.2) is 22.4 Å². The van der Waals surface area contributed by atoms with Crippen molar-refractivity contribution in [3.05, 3.63) is 104 Å². The van der Waals surface area contributed by atoms with Gasteiger partial charge in [-0.1, -0.05) is 35.6 Å². The predicted octanol–water partition coefficient (Wildman–Crippen LogP) is 5.46. The molecule has 178 valence electrons. The molecule has 0 N–H and O–H groups in total. The van der Waals surface area contributed by atoms with Crippen molar-refractivity contribution in [3.63, 3.8) is 0 Å². The van der Waals surface area contributed by atoms with Gasteiger partial charge in [0.2, 0.25) is 5.76 Å². The Morgan fingerprint density at radius 2 is 1.94 bits per heavy atom. The lowest BCUT2D eigenvalue weighted by Gasteiger charge is -2.22. The lowest BCUT2D eigenvalue weighted by atomic mass is 9.98. The molecule has 0 radical (unpaired) electrons. The highest BCUT2D eigenvalue weighted by Crippen LogP contribution is 2.44. The number of hydrogen-bond acceptors (Lipinski definition) is 8. The number of nitro benzene ring substituents is 1. The zero-order valence-electron chi connectivity index (χ0n) is 18.8. The Morgan fingerprint density at radius 3 is 2.75 bits per heavy atom. The average molecular weight is 500 g/mol. The Morgan fingerprint density at radius 1 is 1.11 bits per heavy atom. The summed E-state index contributed by atoms with van der Waals surface area (Å²) >= 11 is 1.26. The van der Waals surface area contributed by atoms with Crippen LogP contribution >= 0.6 is 11.3 Å². The van der Waals surface area contributed by atoms with E-state index in [1.807, 2.05) is 13.0 Å². The summed E-state index contributed by atoms with van der Waals surface area (Å²) in [7, 11) is 0. The third kappa shape index (κ3) is 3.34. The molecule has 1 atom stereocenters. The molecule has 36 heavy (non-hydrogen) atoms. The fourth-order valence-electron chi connectivity index (χ4n) is 4.49. The summed E-state index contributed by atoms with van der Waals surface area (Å²) in [6, 6.07) is 17.1. The molecule has 0 saturated heterocycles. The number of thiazole rings is 1. The molecule has 5 aromatic rings. The van der Waals surface area contributed by atoms with Crippen molar-refractivity contribution >= 4 is 49.2 Å². The van der Waals surface area contributed by atoms with Crippen LogP contribution in [0.15, 0.2) is 75.9 Å². The largest absolute Gasteiger partial charge is 0.494 e. The van der Waals surface area contributed by atoms with Crippen LogP contribution in [-0.2, 0) is 0 Å². The number of fused-ring (bicyclic) bond motifs is 3. The summed E-state index contributed by atoms with van der Waals surface area (Å²) in [5, 5.41) is 12.2. The van der Waals surface area contributed by atoms with Crippen LogP contribution in [0.1, 0.15) is 34.6 Å². The first-order valence-corrected chi connectivity index (χ1v) is 11.9. The first-order valence-electron chi connectivity index (χ1n) is 11.1. The molecular formula is C26H17N3O6S. The minimum absolute atomic E-state index is 0.0931. The van der Waals surface area contributed by atoms with E-state index in [1.54, 1.807) is 42.5 Å². The topological polar surface area (TPSA) is 116 Å². The van der Waals surface area contributed by atoms with E-state index in [-0.39, 0.29) is 22.4 Å². The summed E-state index contributed by atoms with van der Waals surface area (Å²) in [5.74, 6) is 0.0486. The van der Waals surface area contributed by atoms with Crippen molar-refractivity contribution in [1.29, 1.82) is 0 Å². The van der Waals surface area contributed by atoms with Gasteiger partial charge in [-0.15, -0.1) is 0 Å². The van der Waals surface area contributed by atoms with Crippen molar-refractivity contribution in [2.75, 3.05) is 11.5 Å². The summed E-state index contributed by atoms with van der Waals surface area (Å²) in [4.78, 5) is 44.4. The summed E-state index contributed by atoms with van der Waals surface area (Å²) in [6.07, 6.45) is 0. The second-order valence-corrected chi connectivity index (χ2v) is 9.17. The Labute approximate surface area is 207 Å². The molecule has 0 bridgehead atoms. The molecule has 0 saturated carbocycles. The number of ether oxygens (including phenoxy) is 1. The van der Waals surface area contributed by atoms with Crippen LogP contribution in [0, 0.1) is 10.1 Å². The number of nitro groups is 1. The van der Waals surface area contributed by atoms with Gasteiger partial charge in [-0.05, 0) is 42.8 Å². The van der Waals surface area contributed by atoms with Gasteiger partial charge in [0, 0.05) is 12.1 Å². The first-order chi connectivity index (χ1) is 17.5. The van der Waals surface area contributed by atoms with Gasteiger partial charge in [0.1, 0.15) is 11.3 Å². The second kappa shape index (κ2) is 8.28. The van der Waals surface area contributed by atoms with Gasteiger partial charge >= 0.3 is 0 Å². The van der Waals surface area contributed by atoms with Gasteiger partial charge in [-0.3, -0.25) is 24.6 Å². The number of carbonyl (C=O) groups is 1. The average Bonchev–Trinajstić information content (AvgIpc) is 3.43. The molecule has 2 aromatic heterocycles. The van der Waals surface area contributed by atoms with Crippen LogP contribution in [0.2, 0.25) is 0 Å². The maximum atomic E-state index is 13.7. The summed E-state index contributed by atoms with van der Waals surface area (Å²) in [5.41, 5.74) is 0.981. The van der Waals surface area contributed by atoms with Gasteiger partial charge < -0.3 is 9.15 Å². The Balaban J connectivity index is 1.60. The van der Waals surface area contributed by atoms with E-state index in [9.17, 15) is 19.7 Å². The fourth-order valence-corrected chi connectivity index (χ4v) is 5.51. The molecule has 0 fully saturated rings. The molecule has 3 aromatic carbocycles. The van der Waals surface area contributed by atoms with Crippen LogP contribution in [0.3, 0.4) is 0 Å². The van der Waals surface area contributed by atoms with Crippen molar-refractivity contribution in [2.24, 2.45) is 0 Å². The molecule has 6 rings (SSSR count). The van der Waals surface area contributed by atoms with Gasteiger partial charge in [0.05, 0.1) is 38.7 Å². The molecule has 10 heteroatoms. The molecule has 0 aliphatic carbocycles. The van der Waals surface area contributed by atoms with E-state index in [1.165, 1.54) is 34.4 Å². The minimum atomic E-state index is -0.944. The third-order valence-corrected chi connectivity index (χ3v) is 7.06. The number of amides is 1. The summed E-state index contributed by atoms with van der Waals surface area (Å²) < 4.78 is 12.3. The van der Waals surface area contributed by atoms with Crippen molar-refractivity contribution in [2.45, 2.75) is 13.0 Å². The number of hydrogen-bond donors (Lipinski definition) is 0. The van der Waals surface area contributed by atoms with E-state index in [0.717, 1.165) is 4.70 Å². The highest BCUT2D eigenvalue weighted by molar-refractivity contribution is 7.22. The molecule has 9 nitrogen and oxygen atoms in total. The number of carbonyl (C=O) groups excluding carboxylic acids is 1. The van der Waals surface area contributed by atoms with Crippen molar-refractivity contribution in [3.8, 4) is 5.75 Å². The monoisotopic (exact) mass is 499 g/mol. The van der Waals surface area contributed by atoms with E-state index >= 15 is 0 Å². The zero-order valence-corrected chi connectivity index (χ0v) is 19.7. The standard InChI is InChI=1S/C26H17N3O6S/c1-2-34-16-10-11-18-20(13-16)36-26(27-18)28-22(14-6-5-7-15(12-14)29(32)33)21-23(30)17-8-3-4-9-19(17)35-24(21)25(28)31/h3-13,22H,2H2,1H3. The normalized spacial score (nSPS) is 15.0. The number of benzene rings is 3. The lowest BCUT2D eigenvalue weighted by molar-refractivity contribution is -0.384.